The van der Waals surface area contributed by atoms with Crippen LogP contribution in [0.5, 0.6) is 11.5 Å². The lowest BCUT2D eigenvalue weighted by Gasteiger charge is -2.20. The van der Waals surface area contributed by atoms with Gasteiger partial charge in [-0.25, -0.2) is 4.98 Å². The molecule has 2 heterocycles. The molecule has 0 saturated carbocycles. The Morgan fingerprint density at radius 1 is 1.22 bits per heavy atom. The topological polar surface area (TPSA) is 71.5 Å². The molecule has 0 aliphatic carbocycles. The molecule has 0 saturated heterocycles. The number of nitrogens with zero attached hydrogens (tertiary/aromatic N) is 2. The normalized spacial score (nSPS) is 12.6. The molecule has 0 fully saturated rings. The van der Waals surface area contributed by atoms with Crippen LogP contribution in [-0.2, 0) is 11.2 Å². The molecule has 0 unspecified atom stereocenters. The Hall–Kier alpha value is -3.19. The van der Waals surface area contributed by atoms with Gasteiger partial charge in [0.25, 0.3) is 5.91 Å². The SMILES string of the molecule is CCN1C(=O)c2ccccc2Oc2cc(NC(=O)Cc3cscn3)ccc21. The summed E-state index contributed by atoms with van der Waals surface area (Å²) in [6, 6.07) is 12.5. The molecule has 4 rings (SSSR count). The first kappa shape index (κ1) is 17.2. The smallest absolute Gasteiger partial charge is 0.262 e. The Morgan fingerprint density at radius 3 is 2.85 bits per heavy atom. The van der Waals surface area contributed by atoms with Crippen LogP contribution in [0.15, 0.2) is 53.4 Å². The van der Waals surface area contributed by atoms with Crippen LogP contribution in [0.1, 0.15) is 23.0 Å². The van der Waals surface area contributed by atoms with E-state index in [9.17, 15) is 9.59 Å². The first-order chi connectivity index (χ1) is 13.2. The minimum atomic E-state index is -0.154. The zero-order valence-electron chi connectivity index (χ0n) is 14.6. The highest BCUT2D eigenvalue weighted by Crippen LogP contribution is 2.40. The fourth-order valence-electron chi connectivity index (χ4n) is 3.01. The number of para-hydroxylation sites is 1. The van der Waals surface area contributed by atoms with Gasteiger partial charge in [0.05, 0.1) is 28.9 Å². The van der Waals surface area contributed by atoms with E-state index in [1.807, 2.05) is 24.4 Å². The number of aromatic nitrogens is 1. The molecule has 3 aromatic rings. The van der Waals surface area contributed by atoms with Crippen LogP contribution in [0.4, 0.5) is 11.4 Å². The summed E-state index contributed by atoms with van der Waals surface area (Å²) in [5, 5.41) is 4.71. The van der Waals surface area contributed by atoms with Crippen molar-refractivity contribution in [1.82, 2.24) is 4.98 Å². The van der Waals surface area contributed by atoms with E-state index in [0.717, 1.165) is 5.69 Å². The van der Waals surface area contributed by atoms with E-state index < -0.39 is 0 Å². The van der Waals surface area contributed by atoms with Gasteiger partial charge in [-0.3, -0.25) is 9.59 Å². The third-order valence-corrected chi connectivity index (χ3v) is 4.89. The summed E-state index contributed by atoms with van der Waals surface area (Å²) in [7, 11) is 0. The van der Waals surface area contributed by atoms with Crippen LogP contribution in [0.3, 0.4) is 0 Å². The van der Waals surface area contributed by atoms with Crippen LogP contribution in [0, 0.1) is 0 Å². The van der Waals surface area contributed by atoms with Crippen LogP contribution in [0.25, 0.3) is 0 Å². The second-order valence-corrected chi connectivity index (χ2v) is 6.75. The van der Waals surface area contributed by atoms with Gasteiger partial charge in [-0.2, -0.15) is 0 Å². The fourth-order valence-corrected chi connectivity index (χ4v) is 3.57. The summed E-state index contributed by atoms with van der Waals surface area (Å²) in [6.45, 7) is 2.43. The maximum atomic E-state index is 12.8. The Kier molecular flexibility index (Phi) is 4.60. The fraction of sp³-hybridized carbons (Fsp3) is 0.150. The lowest BCUT2D eigenvalue weighted by Crippen LogP contribution is -2.29. The highest BCUT2D eigenvalue weighted by atomic mass is 32.1. The maximum Gasteiger partial charge on any atom is 0.262 e. The number of rotatable bonds is 4. The largest absolute Gasteiger partial charge is 0.454 e. The molecular weight excluding hydrogens is 362 g/mol. The van der Waals surface area contributed by atoms with E-state index in [1.165, 1.54) is 11.3 Å². The number of anilines is 2. The zero-order chi connectivity index (χ0) is 18.8. The van der Waals surface area contributed by atoms with Gasteiger partial charge in [0, 0.05) is 23.7 Å². The molecule has 1 aliphatic heterocycles. The molecule has 0 spiro atoms. The van der Waals surface area contributed by atoms with Crippen LogP contribution in [-0.4, -0.2) is 23.3 Å². The van der Waals surface area contributed by atoms with E-state index in [0.29, 0.717) is 35.0 Å². The molecule has 2 aromatic carbocycles. The van der Waals surface area contributed by atoms with E-state index in [1.54, 1.807) is 40.7 Å². The summed E-state index contributed by atoms with van der Waals surface area (Å²) in [6.07, 6.45) is 0.212. The standard InChI is InChI=1S/C20H17N3O3S/c1-2-23-16-8-7-13(22-19(24)10-14-11-27-12-21-14)9-18(16)26-17-6-4-3-5-15(17)20(23)25/h3-9,11-12H,2,10H2,1H3,(H,22,24). The minimum Gasteiger partial charge on any atom is -0.454 e. The van der Waals surface area contributed by atoms with Crippen molar-refractivity contribution in [2.75, 3.05) is 16.8 Å². The Balaban J connectivity index is 1.64. The van der Waals surface area contributed by atoms with Gasteiger partial charge in [-0.05, 0) is 31.2 Å². The molecular formula is C20H17N3O3S. The van der Waals surface area contributed by atoms with Crippen molar-refractivity contribution in [3.63, 3.8) is 0 Å². The van der Waals surface area contributed by atoms with E-state index in [4.69, 9.17) is 4.74 Å². The van der Waals surface area contributed by atoms with Crippen LogP contribution in [0.2, 0.25) is 0 Å². The predicted octanol–water partition coefficient (Wildman–Crippen LogP) is 4.10. The van der Waals surface area contributed by atoms with Crippen molar-refractivity contribution >= 4 is 34.5 Å². The van der Waals surface area contributed by atoms with Gasteiger partial charge in [0.2, 0.25) is 5.91 Å². The second-order valence-electron chi connectivity index (χ2n) is 6.03. The van der Waals surface area contributed by atoms with Crippen molar-refractivity contribution in [1.29, 1.82) is 0 Å². The van der Waals surface area contributed by atoms with Crippen molar-refractivity contribution < 1.29 is 14.3 Å². The molecule has 0 atom stereocenters. The third kappa shape index (κ3) is 3.41. The molecule has 2 amide bonds. The van der Waals surface area contributed by atoms with Crippen molar-refractivity contribution in [2.24, 2.45) is 0 Å². The number of nitrogens with one attached hydrogen (secondary N) is 1. The quantitative estimate of drug-likeness (QED) is 0.741. The number of benzene rings is 2. The van der Waals surface area contributed by atoms with Crippen molar-refractivity contribution in [3.05, 3.63) is 64.6 Å². The molecule has 7 heteroatoms. The zero-order valence-corrected chi connectivity index (χ0v) is 15.5. The Morgan fingerprint density at radius 2 is 2.07 bits per heavy atom. The molecule has 6 nitrogen and oxygen atoms in total. The predicted molar refractivity (Wildman–Crippen MR) is 105 cm³/mol. The first-order valence-corrected chi connectivity index (χ1v) is 9.49. The number of fused-ring (bicyclic) bond motifs is 2. The van der Waals surface area contributed by atoms with Crippen LogP contribution < -0.4 is 15.0 Å². The van der Waals surface area contributed by atoms with Crippen molar-refractivity contribution in [3.8, 4) is 11.5 Å². The molecule has 1 aromatic heterocycles. The average Bonchev–Trinajstić information content (AvgIpc) is 3.13. The van der Waals surface area contributed by atoms with Gasteiger partial charge in [-0.1, -0.05) is 12.1 Å². The lowest BCUT2D eigenvalue weighted by atomic mass is 10.1. The number of carbonyl (C=O) groups is 2. The first-order valence-electron chi connectivity index (χ1n) is 8.55. The highest BCUT2D eigenvalue weighted by Gasteiger charge is 2.27. The lowest BCUT2D eigenvalue weighted by molar-refractivity contribution is -0.115. The number of hydrogen-bond acceptors (Lipinski definition) is 5. The number of amides is 2. The Labute approximate surface area is 160 Å². The van der Waals surface area contributed by atoms with Gasteiger partial charge < -0.3 is 15.0 Å². The summed E-state index contributed by atoms with van der Waals surface area (Å²) in [5.41, 5.74) is 4.24. The van der Waals surface area contributed by atoms with Gasteiger partial charge in [0.15, 0.2) is 5.75 Å². The molecule has 27 heavy (non-hydrogen) atoms. The second kappa shape index (κ2) is 7.20. The summed E-state index contributed by atoms with van der Waals surface area (Å²) < 4.78 is 6.01. The number of thiazole rings is 1. The molecule has 136 valence electrons. The third-order valence-electron chi connectivity index (χ3n) is 4.26. The highest BCUT2D eigenvalue weighted by molar-refractivity contribution is 7.07. The van der Waals surface area contributed by atoms with Gasteiger partial charge >= 0.3 is 0 Å². The monoisotopic (exact) mass is 379 g/mol. The average molecular weight is 379 g/mol. The Bertz CT molecular complexity index is 1000. The number of ether oxygens (including phenoxy) is 1. The van der Waals surface area contributed by atoms with E-state index in [2.05, 4.69) is 10.3 Å². The molecule has 1 aliphatic rings. The molecule has 0 radical (unpaired) electrons. The van der Waals surface area contributed by atoms with Crippen LogP contribution >= 0.6 is 11.3 Å². The van der Waals surface area contributed by atoms with Crippen molar-refractivity contribution in [2.45, 2.75) is 13.3 Å². The van der Waals surface area contributed by atoms with E-state index in [-0.39, 0.29) is 18.2 Å². The maximum absolute atomic E-state index is 12.8. The summed E-state index contributed by atoms with van der Waals surface area (Å²) in [4.78, 5) is 30.9. The summed E-state index contributed by atoms with van der Waals surface area (Å²) in [5.74, 6) is 0.776. The van der Waals surface area contributed by atoms with Gasteiger partial charge in [0.1, 0.15) is 5.75 Å². The number of hydrogen-bond donors (Lipinski definition) is 1. The minimum absolute atomic E-state index is 0.104. The van der Waals surface area contributed by atoms with E-state index >= 15 is 0 Å². The summed E-state index contributed by atoms with van der Waals surface area (Å²) >= 11 is 1.46. The van der Waals surface area contributed by atoms with Gasteiger partial charge in [-0.15, -0.1) is 11.3 Å². The molecule has 1 N–H and O–H groups in total. The molecule has 0 bridgehead atoms. The number of carbonyl (C=O) groups excluding carboxylic acids is 2.